The molecule has 3 aromatic rings. The number of carbonyl (C=O) groups is 2. The van der Waals surface area contributed by atoms with Crippen LogP contribution in [0.15, 0.2) is 30.3 Å². The summed E-state index contributed by atoms with van der Waals surface area (Å²) >= 11 is 1.16. The summed E-state index contributed by atoms with van der Waals surface area (Å²) in [7, 11) is 0. The number of nitrogens with two attached hydrogens (primary N) is 2. The van der Waals surface area contributed by atoms with Crippen LogP contribution in [0, 0.1) is 0 Å². The second-order valence-corrected chi connectivity index (χ2v) is 9.75. The number of carboxylic acids is 1. The van der Waals surface area contributed by atoms with Crippen molar-refractivity contribution >= 4 is 44.9 Å². The van der Waals surface area contributed by atoms with Crippen molar-refractivity contribution in [3.05, 3.63) is 51.9 Å². The number of pyridine rings is 1. The molecule has 0 unspecified atom stereocenters. The lowest BCUT2D eigenvalue weighted by atomic mass is 10.0. The number of thiophene rings is 1. The van der Waals surface area contributed by atoms with Crippen molar-refractivity contribution in [1.82, 2.24) is 10.3 Å². The molecule has 1 aliphatic heterocycles. The number of aromatic nitrogens is 1. The van der Waals surface area contributed by atoms with Gasteiger partial charge in [0, 0.05) is 30.1 Å². The van der Waals surface area contributed by atoms with E-state index in [0.717, 1.165) is 79.8 Å². The Hall–Kier alpha value is -3.17. The first-order chi connectivity index (χ1) is 16.4. The number of benzene rings is 1. The van der Waals surface area contributed by atoms with E-state index in [9.17, 15) is 14.7 Å². The van der Waals surface area contributed by atoms with E-state index >= 15 is 0 Å². The number of hydrogen-bond acceptors (Lipinski definition) is 7. The maximum absolute atomic E-state index is 11.6. The molecule has 0 aliphatic carbocycles. The fourth-order valence-corrected chi connectivity index (χ4v) is 5.52. The molecule has 9 heteroatoms. The number of carboxylic acid groups (broad SMARTS) is 1. The number of nitrogens with one attached hydrogen (secondary N) is 1. The lowest BCUT2D eigenvalue weighted by molar-refractivity contribution is 0.0703. The summed E-state index contributed by atoms with van der Waals surface area (Å²) in [6.07, 6.45) is 4.70. The fourth-order valence-electron chi connectivity index (χ4n) is 4.54. The van der Waals surface area contributed by atoms with Crippen LogP contribution in [0.25, 0.3) is 10.2 Å². The molecular weight excluding hydrogens is 450 g/mol. The predicted molar refractivity (Wildman–Crippen MR) is 137 cm³/mol. The van der Waals surface area contributed by atoms with Crippen LogP contribution >= 0.6 is 11.3 Å². The Labute approximate surface area is 203 Å². The molecule has 6 N–H and O–H groups in total. The summed E-state index contributed by atoms with van der Waals surface area (Å²) < 4.78 is 0. The molecule has 0 atom stereocenters. The van der Waals surface area contributed by atoms with Gasteiger partial charge in [-0.3, -0.25) is 4.79 Å². The largest absolute Gasteiger partial charge is 0.477 e. The zero-order valence-corrected chi connectivity index (χ0v) is 20.2. The first-order valence-corrected chi connectivity index (χ1v) is 12.5. The summed E-state index contributed by atoms with van der Waals surface area (Å²) in [5.74, 6) is -0.501. The minimum atomic E-state index is -1.000. The summed E-state index contributed by atoms with van der Waals surface area (Å²) in [4.78, 5) is 30.7. The number of amides is 1. The molecule has 0 saturated carbocycles. The van der Waals surface area contributed by atoms with Gasteiger partial charge in [-0.2, -0.15) is 0 Å². The number of aryl methyl sites for hydroxylation is 1. The molecule has 1 aromatic carbocycles. The van der Waals surface area contributed by atoms with Crippen LogP contribution in [0.3, 0.4) is 0 Å². The third-order valence-corrected chi connectivity index (χ3v) is 7.47. The van der Waals surface area contributed by atoms with Gasteiger partial charge in [0.2, 0.25) is 5.91 Å². The average molecular weight is 482 g/mol. The van der Waals surface area contributed by atoms with E-state index in [1.54, 1.807) is 12.1 Å². The quantitative estimate of drug-likeness (QED) is 0.368. The molecule has 0 radical (unpaired) electrons. The Morgan fingerprint density at radius 1 is 1.21 bits per heavy atom. The van der Waals surface area contributed by atoms with E-state index in [-0.39, 0.29) is 4.88 Å². The molecule has 1 saturated heterocycles. The van der Waals surface area contributed by atoms with Gasteiger partial charge in [-0.1, -0.05) is 25.5 Å². The molecular formula is C25H31N5O3S. The monoisotopic (exact) mass is 481 g/mol. The average Bonchev–Trinajstić information content (AvgIpc) is 3.17. The van der Waals surface area contributed by atoms with E-state index in [2.05, 4.69) is 23.2 Å². The molecule has 2 aromatic heterocycles. The van der Waals surface area contributed by atoms with Crippen molar-refractivity contribution in [2.75, 3.05) is 30.3 Å². The summed E-state index contributed by atoms with van der Waals surface area (Å²) in [6, 6.07) is 9.97. The van der Waals surface area contributed by atoms with Crippen LogP contribution in [0.1, 0.15) is 57.3 Å². The standard InChI is InChI=1S/C25H31N5O3S/c1-2-3-17-14-19(29-24-20(17)21(26)22(34-24)25(32)33)30-12-9-18(10-13-30)28-11-8-15-4-6-16(7-5-15)23(27)31/h4-7,14,18,28H,2-3,8-13,26H2,1H3,(H2,27,31)(H,32,33). The Bertz CT molecular complexity index is 1180. The van der Waals surface area contributed by atoms with E-state index in [1.165, 1.54) is 5.56 Å². The van der Waals surface area contributed by atoms with Crippen molar-refractivity contribution < 1.29 is 14.7 Å². The number of primary amides is 1. The molecule has 4 rings (SSSR count). The number of piperidine rings is 1. The zero-order valence-electron chi connectivity index (χ0n) is 19.3. The predicted octanol–water partition coefficient (Wildman–Crippen LogP) is 3.43. The molecule has 34 heavy (non-hydrogen) atoms. The van der Waals surface area contributed by atoms with Crippen LogP contribution in [0.4, 0.5) is 11.5 Å². The highest BCUT2D eigenvalue weighted by molar-refractivity contribution is 7.21. The van der Waals surface area contributed by atoms with Gasteiger partial charge in [-0.25, -0.2) is 9.78 Å². The first kappa shape index (κ1) is 24.0. The summed E-state index contributed by atoms with van der Waals surface area (Å²) in [5.41, 5.74) is 14.6. The van der Waals surface area contributed by atoms with Crippen molar-refractivity contribution in [3.63, 3.8) is 0 Å². The molecule has 3 heterocycles. The summed E-state index contributed by atoms with van der Waals surface area (Å²) in [5, 5.41) is 13.9. The minimum Gasteiger partial charge on any atom is -0.477 e. The maximum Gasteiger partial charge on any atom is 0.348 e. The summed E-state index contributed by atoms with van der Waals surface area (Å²) in [6.45, 7) is 4.76. The highest BCUT2D eigenvalue weighted by atomic mass is 32.1. The van der Waals surface area contributed by atoms with Crippen LogP contribution < -0.4 is 21.7 Å². The fraction of sp³-hybridized carbons (Fsp3) is 0.400. The lowest BCUT2D eigenvalue weighted by Gasteiger charge is -2.33. The molecule has 8 nitrogen and oxygen atoms in total. The molecule has 0 bridgehead atoms. The van der Waals surface area contributed by atoms with Gasteiger partial charge in [-0.05, 0) is 61.6 Å². The van der Waals surface area contributed by atoms with Gasteiger partial charge in [-0.15, -0.1) is 11.3 Å². The van der Waals surface area contributed by atoms with Gasteiger partial charge in [0.05, 0.1) is 5.69 Å². The topological polar surface area (TPSA) is 135 Å². The number of hydrogen-bond donors (Lipinski definition) is 4. The van der Waals surface area contributed by atoms with Gasteiger partial charge in [0.1, 0.15) is 15.5 Å². The van der Waals surface area contributed by atoms with Crippen LogP contribution in [-0.4, -0.2) is 47.6 Å². The maximum atomic E-state index is 11.6. The second-order valence-electron chi connectivity index (χ2n) is 8.75. The minimum absolute atomic E-state index is 0.171. The number of nitrogen functional groups attached to an aromatic ring is 1. The lowest BCUT2D eigenvalue weighted by Crippen LogP contribution is -2.43. The number of fused-ring (bicyclic) bond motifs is 1. The number of anilines is 2. The number of carbonyl (C=O) groups excluding carboxylic acids is 1. The van der Waals surface area contributed by atoms with Crippen LogP contribution in [0.5, 0.6) is 0 Å². The number of nitrogens with zero attached hydrogens (tertiary/aromatic N) is 2. The number of rotatable bonds is 9. The molecule has 1 aliphatic rings. The van der Waals surface area contributed by atoms with E-state index in [0.29, 0.717) is 22.1 Å². The third kappa shape index (κ3) is 5.15. The highest BCUT2D eigenvalue weighted by Gasteiger charge is 2.24. The number of aromatic carboxylic acids is 1. The Balaban J connectivity index is 1.37. The highest BCUT2D eigenvalue weighted by Crippen LogP contribution is 2.37. The smallest absolute Gasteiger partial charge is 0.348 e. The van der Waals surface area contributed by atoms with E-state index in [1.807, 2.05) is 12.1 Å². The van der Waals surface area contributed by atoms with Gasteiger partial charge in [0.15, 0.2) is 0 Å². The van der Waals surface area contributed by atoms with Crippen molar-refractivity contribution in [2.24, 2.45) is 5.73 Å². The Kier molecular flexibility index (Phi) is 7.33. The van der Waals surface area contributed by atoms with Crippen molar-refractivity contribution in [3.8, 4) is 0 Å². The van der Waals surface area contributed by atoms with Crippen LogP contribution in [0.2, 0.25) is 0 Å². The molecule has 1 amide bonds. The van der Waals surface area contributed by atoms with Crippen molar-refractivity contribution in [1.29, 1.82) is 0 Å². The normalized spacial score (nSPS) is 14.6. The SMILES string of the molecule is CCCc1cc(N2CCC(NCCc3ccc(C(N)=O)cc3)CC2)nc2sc(C(=O)O)c(N)c12. The zero-order chi connectivity index (χ0) is 24.2. The van der Waals surface area contributed by atoms with Gasteiger partial charge >= 0.3 is 5.97 Å². The molecule has 180 valence electrons. The Morgan fingerprint density at radius 2 is 1.91 bits per heavy atom. The molecule has 1 fully saturated rings. The first-order valence-electron chi connectivity index (χ1n) is 11.7. The third-order valence-electron chi connectivity index (χ3n) is 6.38. The van der Waals surface area contributed by atoms with Crippen LogP contribution in [-0.2, 0) is 12.8 Å². The van der Waals surface area contributed by atoms with E-state index in [4.69, 9.17) is 16.5 Å². The van der Waals surface area contributed by atoms with Crippen molar-refractivity contribution in [2.45, 2.75) is 45.1 Å². The second kappa shape index (κ2) is 10.4. The molecule has 0 spiro atoms. The van der Waals surface area contributed by atoms with E-state index < -0.39 is 11.9 Å². The Morgan fingerprint density at radius 3 is 2.53 bits per heavy atom. The van der Waals surface area contributed by atoms with Gasteiger partial charge < -0.3 is 26.8 Å². The van der Waals surface area contributed by atoms with Gasteiger partial charge in [0.25, 0.3) is 0 Å².